The van der Waals surface area contributed by atoms with Gasteiger partial charge in [0.1, 0.15) is 5.82 Å². The van der Waals surface area contributed by atoms with Gasteiger partial charge in [-0.25, -0.2) is 4.39 Å². The Kier molecular flexibility index (Phi) is 7.55. The third-order valence-electron chi connectivity index (χ3n) is 2.53. The molecule has 3 N–H and O–H groups in total. The largest absolute Gasteiger partial charge is 0.390 e. The van der Waals surface area contributed by atoms with Crippen molar-refractivity contribution in [1.29, 1.82) is 0 Å². The van der Waals surface area contributed by atoms with Gasteiger partial charge >= 0.3 is 0 Å². The lowest BCUT2D eigenvalue weighted by Gasteiger charge is -2.15. The van der Waals surface area contributed by atoms with Gasteiger partial charge in [0, 0.05) is 26.8 Å². The SMILES string of the molecule is COCCCNc1ccc(F)cc1NCC(O)CCl. The molecule has 108 valence electrons. The summed E-state index contributed by atoms with van der Waals surface area (Å²) >= 11 is 5.51. The number of hydrogen-bond acceptors (Lipinski definition) is 4. The van der Waals surface area contributed by atoms with Crippen LogP contribution in [0, 0.1) is 5.82 Å². The fourth-order valence-corrected chi connectivity index (χ4v) is 1.65. The topological polar surface area (TPSA) is 53.5 Å². The molecule has 0 aliphatic rings. The summed E-state index contributed by atoms with van der Waals surface area (Å²) in [6, 6.07) is 4.44. The van der Waals surface area contributed by atoms with Gasteiger partial charge < -0.3 is 20.5 Å². The maximum Gasteiger partial charge on any atom is 0.125 e. The number of benzene rings is 1. The molecule has 0 bridgehead atoms. The minimum atomic E-state index is -0.661. The van der Waals surface area contributed by atoms with Crippen LogP contribution in [0.3, 0.4) is 0 Å². The third kappa shape index (κ3) is 6.09. The van der Waals surface area contributed by atoms with E-state index in [2.05, 4.69) is 10.6 Å². The second-order valence-corrected chi connectivity index (χ2v) is 4.46. The number of alkyl halides is 1. The summed E-state index contributed by atoms with van der Waals surface area (Å²) in [6.07, 6.45) is 0.198. The molecule has 1 aromatic rings. The Bertz CT molecular complexity index is 380. The summed E-state index contributed by atoms with van der Waals surface area (Å²) in [5, 5.41) is 15.6. The van der Waals surface area contributed by atoms with Crippen molar-refractivity contribution in [2.24, 2.45) is 0 Å². The van der Waals surface area contributed by atoms with Crippen LogP contribution in [0.25, 0.3) is 0 Å². The van der Waals surface area contributed by atoms with Gasteiger partial charge in [0.15, 0.2) is 0 Å². The monoisotopic (exact) mass is 290 g/mol. The number of nitrogens with one attached hydrogen (secondary N) is 2. The van der Waals surface area contributed by atoms with Gasteiger partial charge in [-0.2, -0.15) is 0 Å². The zero-order chi connectivity index (χ0) is 14.1. The fourth-order valence-electron chi connectivity index (χ4n) is 1.54. The molecule has 0 amide bonds. The van der Waals surface area contributed by atoms with Crippen molar-refractivity contribution in [3.63, 3.8) is 0 Å². The molecular formula is C13H20ClFN2O2. The van der Waals surface area contributed by atoms with Gasteiger partial charge in [0.05, 0.1) is 23.4 Å². The predicted octanol–water partition coefficient (Wildman–Crippen LogP) is 2.29. The van der Waals surface area contributed by atoms with Crippen LogP contribution in [0.4, 0.5) is 15.8 Å². The van der Waals surface area contributed by atoms with Gasteiger partial charge in [-0.05, 0) is 24.6 Å². The molecule has 0 aliphatic heterocycles. The molecule has 1 atom stereocenters. The number of methoxy groups -OCH3 is 1. The van der Waals surface area contributed by atoms with Crippen molar-refractivity contribution >= 4 is 23.0 Å². The maximum absolute atomic E-state index is 13.2. The number of halogens is 2. The first-order chi connectivity index (χ1) is 9.17. The average molecular weight is 291 g/mol. The van der Waals surface area contributed by atoms with Crippen LogP contribution in [0.5, 0.6) is 0 Å². The Morgan fingerprint density at radius 1 is 1.37 bits per heavy atom. The van der Waals surface area contributed by atoms with Crippen LogP contribution in [-0.2, 0) is 4.74 Å². The molecule has 1 rings (SSSR count). The molecule has 1 aromatic carbocycles. The van der Waals surface area contributed by atoms with Crippen LogP contribution < -0.4 is 10.6 Å². The Morgan fingerprint density at radius 3 is 2.84 bits per heavy atom. The number of hydrogen-bond donors (Lipinski definition) is 3. The first-order valence-corrected chi connectivity index (χ1v) is 6.71. The lowest BCUT2D eigenvalue weighted by Crippen LogP contribution is -2.21. The zero-order valence-corrected chi connectivity index (χ0v) is 11.7. The average Bonchev–Trinajstić information content (AvgIpc) is 2.42. The Labute approximate surface area is 117 Å². The Morgan fingerprint density at radius 2 is 2.16 bits per heavy atom. The second kappa shape index (κ2) is 8.96. The molecule has 0 aromatic heterocycles. The highest BCUT2D eigenvalue weighted by Crippen LogP contribution is 2.22. The standard InChI is InChI=1S/C13H20ClFN2O2/c1-19-6-2-5-16-12-4-3-10(15)7-13(12)17-9-11(18)8-14/h3-4,7,11,16-18H,2,5-6,8-9H2,1H3. The highest BCUT2D eigenvalue weighted by Gasteiger charge is 2.06. The molecule has 0 radical (unpaired) electrons. The van der Waals surface area contributed by atoms with Crippen molar-refractivity contribution in [2.75, 3.05) is 43.3 Å². The van der Waals surface area contributed by atoms with Gasteiger partial charge in [0.2, 0.25) is 0 Å². The Hall–Kier alpha value is -1.04. The molecule has 19 heavy (non-hydrogen) atoms. The fraction of sp³-hybridized carbons (Fsp3) is 0.538. The number of aliphatic hydroxyl groups excluding tert-OH is 1. The van der Waals surface area contributed by atoms with E-state index in [-0.39, 0.29) is 18.2 Å². The quantitative estimate of drug-likeness (QED) is 0.482. The number of ether oxygens (including phenoxy) is 1. The molecule has 4 nitrogen and oxygen atoms in total. The van der Waals surface area contributed by atoms with E-state index >= 15 is 0 Å². The van der Waals surface area contributed by atoms with Crippen molar-refractivity contribution in [3.05, 3.63) is 24.0 Å². The molecule has 0 saturated heterocycles. The van der Waals surface area contributed by atoms with Gasteiger partial charge in [-0.3, -0.25) is 0 Å². The summed E-state index contributed by atoms with van der Waals surface area (Å²) in [5.74, 6) is -0.191. The first-order valence-electron chi connectivity index (χ1n) is 6.17. The predicted molar refractivity (Wildman–Crippen MR) is 76.6 cm³/mol. The second-order valence-electron chi connectivity index (χ2n) is 4.15. The van der Waals surface area contributed by atoms with E-state index in [1.807, 2.05) is 0 Å². The van der Waals surface area contributed by atoms with Crippen LogP contribution in [0.2, 0.25) is 0 Å². The molecule has 0 aliphatic carbocycles. The first kappa shape index (κ1) is 16.0. The minimum Gasteiger partial charge on any atom is -0.390 e. The molecule has 0 heterocycles. The molecular weight excluding hydrogens is 271 g/mol. The van der Waals surface area contributed by atoms with Crippen LogP contribution >= 0.6 is 11.6 Å². The van der Waals surface area contributed by atoms with E-state index in [1.165, 1.54) is 12.1 Å². The minimum absolute atomic E-state index is 0.138. The van der Waals surface area contributed by atoms with Crippen molar-refractivity contribution in [3.8, 4) is 0 Å². The third-order valence-corrected chi connectivity index (χ3v) is 2.88. The van der Waals surface area contributed by atoms with Gasteiger partial charge in [-0.15, -0.1) is 11.6 Å². The van der Waals surface area contributed by atoms with E-state index in [0.717, 1.165) is 18.7 Å². The normalized spacial score (nSPS) is 12.2. The lowest BCUT2D eigenvalue weighted by atomic mass is 10.2. The number of anilines is 2. The molecule has 6 heteroatoms. The van der Waals surface area contributed by atoms with Gasteiger partial charge in [-0.1, -0.05) is 0 Å². The zero-order valence-electron chi connectivity index (χ0n) is 11.0. The highest BCUT2D eigenvalue weighted by molar-refractivity contribution is 6.18. The highest BCUT2D eigenvalue weighted by atomic mass is 35.5. The van der Waals surface area contributed by atoms with Crippen LogP contribution in [0.15, 0.2) is 18.2 Å². The van der Waals surface area contributed by atoms with Crippen molar-refractivity contribution in [1.82, 2.24) is 0 Å². The summed E-state index contributed by atoms with van der Waals surface area (Å²) in [6.45, 7) is 1.67. The maximum atomic E-state index is 13.2. The molecule has 0 spiro atoms. The van der Waals surface area contributed by atoms with Crippen molar-refractivity contribution in [2.45, 2.75) is 12.5 Å². The number of aliphatic hydroxyl groups is 1. The van der Waals surface area contributed by atoms with Crippen LogP contribution in [-0.4, -0.2) is 43.9 Å². The summed E-state index contributed by atoms with van der Waals surface area (Å²) in [4.78, 5) is 0. The molecule has 1 unspecified atom stereocenters. The van der Waals surface area contributed by atoms with E-state index < -0.39 is 6.10 Å². The van der Waals surface area contributed by atoms with E-state index in [9.17, 15) is 9.50 Å². The molecule has 0 saturated carbocycles. The van der Waals surface area contributed by atoms with Crippen LogP contribution in [0.1, 0.15) is 6.42 Å². The van der Waals surface area contributed by atoms with E-state index in [1.54, 1.807) is 13.2 Å². The van der Waals surface area contributed by atoms with E-state index in [0.29, 0.717) is 12.3 Å². The smallest absolute Gasteiger partial charge is 0.125 e. The molecule has 0 fully saturated rings. The number of rotatable bonds is 9. The Balaban J connectivity index is 2.58. The summed E-state index contributed by atoms with van der Waals surface area (Å²) < 4.78 is 18.2. The van der Waals surface area contributed by atoms with E-state index in [4.69, 9.17) is 16.3 Å². The lowest BCUT2D eigenvalue weighted by molar-refractivity contribution is 0.198. The van der Waals surface area contributed by atoms with Crippen molar-refractivity contribution < 1.29 is 14.2 Å². The summed E-state index contributed by atoms with van der Waals surface area (Å²) in [5.41, 5.74) is 1.40. The summed E-state index contributed by atoms with van der Waals surface area (Å²) in [7, 11) is 1.65. The van der Waals surface area contributed by atoms with Gasteiger partial charge in [0.25, 0.3) is 0 Å².